The average molecular weight is 388 g/mol. The van der Waals surface area contributed by atoms with Crippen molar-refractivity contribution in [3.05, 3.63) is 29.6 Å². The van der Waals surface area contributed by atoms with Crippen LogP contribution in [-0.4, -0.2) is 71.8 Å². The number of hydrogen-bond donors (Lipinski definition) is 1. The summed E-state index contributed by atoms with van der Waals surface area (Å²) in [6, 6.07) is 4.20. The molecule has 0 saturated carbocycles. The Bertz CT molecular complexity index is 786. The fourth-order valence-corrected chi connectivity index (χ4v) is 4.28. The van der Waals surface area contributed by atoms with Crippen molar-refractivity contribution in [3.63, 3.8) is 0 Å². The molecule has 4 amide bonds. The van der Waals surface area contributed by atoms with Crippen LogP contribution in [0.15, 0.2) is 18.2 Å². The van der Waals surface area contributed by atoms with Gasteiger partial charge in [0.1, 0.15) is 5.82 Å². The van der Waals surface area contributed by atoms with Crippen LogP contribution in [0, 0.1) is 5.82 Å². The largest absolute Gasteiger partial charge is 0.339 e. The Morgan fingerprint density at radius 1 is 0.929 bits per heavy atom. The number of amides is 4. The fourth-order valence-electron chi connectivity index (χ4n) is 4.28. The second kappa shape index (κ2) is 7.77. The maximum Gasteiger partial charge on any atom is 0.320 e. The molecule has 1 aromatic rings. The normalized spacial score (nSPS) is 22.5. The molecule has 0 bridgehead atoms. The van der Waals surface area contributed by atoms with Crippen LogP contribution >= 0.6 is 0 Å². The summed E-state index contributed by atoms with van der Waals surface area (Å²) in [5.41, 5.74) is 1.02. The van der Waals surface area contributed by atoms with E-state index in [0.717, 1.165) is 25.9 Å². The topological polar surface area (TPSA) is 73.0 Å². The zero-order chi connectivity index (χ0) is 19.7. The molecule has 3 aliphatic rings. The maximum atomic E-state index is 13.5. The van der Waals surface area contributed by atoms with Crippen molar-refractivity contribution >= 4 is 23.5 Å². The molecule has 8 heteroatoms. The van der Waals surface area contributed by atoms with Crippen LogP contribution in [0.1, 0.15) is 37.2 Å². The first-order valence-electron chi connectivity index (χ1n) is 9.95. The fraction of sp³-hybridized carbons (Fsp3) is 0.550. The molecular formula is C20H25FN4O3. The van der Waals surface area contributed by atoms with E-state index < -0.39 is 11.7 Å². The molecule has 1 atom stereocenters. The van der Waals surface area contributed by atoms with Gasteiger partial charge in [-0.1, -0.05) is 6.07 Å². The van der Waals surface area contributed by atoms with Crippen molar-refractivity contribution < 1.29 is 18.8 Å². The molecule has 3 aliphatic heterocycles. The van der Waals surface area contributed by atoms with Crippen LogP contribution in [-0.2, 0) is 9.59 Å². The Kier molecular flexibility index (Phi) is 5.19. The first kappa shape index (κ1) is 18.7. The third kappa shape index (κ3) is 3.68. The Balaban J connectivity index is 1.40. The third-order valence-corrected chi connectivity index (χ3v) is 5.84. The van der Waals surface area contributed by atoms with E-state index in [4.69, 9.17) is 0 Å². The number of urea groups is 1. The lowest BCUT2D eigenvalue weighted by Crippen LogP contribution is -2.55. The SMILES string of the molecule is O=C1CC(C(=O)N2CCN(C(=O)N3CCCCC3)CC2)c2ccc(F)cc2N1. The van der Waals surface area contributed by atoms with E-state index in [1.807, 2.05) is 9.80 Å². The highest BCUT2D eigenvalue weighted by Crippen LogP contribution is 2.34. The Labute approximate surface area is 163 Å². The number of nitrogens with one attached hydrogen (secondary N) is 1. The number of piperidine rings is 1. The van der Waals surface area contributed by atoms with Gasteiger partial charge in [-0.05, 0) is 37.0 Å². The van der Waals surface area contributed by atoms with Crippen molar-refractivity contribution in [2.45, 2.75) is 31.6 Å². The highest BCUT2D eigenvalue weighted by Gasteiger charge is 2.35. The zero-order valence-corrected chi connectivity index (χ0v) is 15.8. The molecule has 0 aromatic heterocycles. The van der Waals surface area contributed by atoms with Gasteiger partial charge in [-0.15, -0.1) is 0 Å². The Morgan fingerprint density at radius 3 is 2.29 bits per heavy atom. The summed E-state index contributed by atoms with van der Waals surface area (Å²) in [5, 5.41) is 2.64. The number of anilines is 1. The standard InChI is InChI=1S/C20H25FN4O3/c21-14-4-5-15-16(13-18(26)22-17(15)12-14)19(27)23-8-10-25(11-9-23)20(28)24-6-2-1-3-7-24/h4-5,12,16H,1-3,6-11,13H2,(H,22,26). The summed E-state index contributed by atoms with van der Waals surface area (Å²) >= 11 is 0. The number of piperazine rings is 1. The minimum atomic E-state index is -0.603. The second-order valence-corrected chi connectivity index (χ2v) is 7.68. The summed E-state index contributed by atoms with van der Waals surface area (Å²) in [5.74, 6) is -1.46. The van der Waals surface area contributed by atoms with Crippen molar-refractivity contribution in [1.82, 2.24) is 14.7 Å². The predicted octanol–water partition coefficient (Wildman–Crippen LogP) is 2.00. The number of carbonyl (C=O) groups excluding carboxylic acids is 3. The Hall–Kier alpha value is -2.64. The molecule has 0 radical (unpaired) electrons. The van der Waals surface area contributed by atoms with Crippen LogP contribution in [0.5, 0.6) is 0 Å². The van der Waals surface area contributed by atoms with Gasteiger partial charge in [0.25, 0.3) is 0 Å². The van der Waals surface area contributed by atoms with Gasteiger partial charge >= 0.3 is 6.03 Å². The van der Waals surface area contributed by atoms with E-state index in [0.29, 0.717) is 37.4 Å². The lowest BCUT2D eigenvalue weighted by molar-refractivity contribution is -0.136. The molecule has 150 valence electrons. The highest BCUT2D eigenvalue weighted by molar-refractivity contribution is 6.01. The monoisotopic (exact) mass is 388 g/mol. The van der Waals surface area contributed by atoms with E-state index >= 15 is 0 Å². The molecule has 7 nitrogen and oxygen atoms in total. The molecule has 3 heterocycles. The molecule has 4 rings (SSSR count). The molecule has 2 saturated heterocycles. The summed E-state index contributed by atoms with van der Waals surface area (Å²) in [6.45, 7) is 3.51. The molecule has 1 unspecified atom stereocenters. The average Bonchev–Trinajstić information content (AvgIpc) is 2.72. The van der Waals surface area contributed by atoms with E-state index in [1.165, 1.54) is 18.6 Å². The van der Waals surface area contributed by atoms with E-state index in [1.54, 1.807) is 11.0 Å². The van der Waals surface area contributed by atoms with Crippen molar-refractivity contribution in [3.8, 4) is 0 Å². The summed E-state index contributed by atoms with van der Waals surface area (Å²) in [6.07, 6.45) is 3.33. The number of likely N-dealkylation sites (tertiary alicyclic amines) is 1. The molecule has 28 heavy (non-hydrogen) atoms. The van der Waals surface area contributed by atoms with Gasteiger partial charge in [0, 0.05) is 51.4 Å². The smallest absolute Gasteiger partial charge is 0.320 e. The van der Waals surface area contributed by atoms with E-state index in [2.05, 4.69) is 5.32 Å². The second-order valence-electron chi connectivity index (χ2n) is 7.68. The lowest BCUT2D eigenvalue weighted by atomic mass is 9.89. The van der Waals surface area contributed by atoms with Crippen molar-refractivity contribution in [2.75, 3.05) is 44.6 Å². The number of nitrogens with zero attached hydrogens (tertiary/aromatic N) is 3. The van der Waals surface area contributed by atoms with E-state index in [9.17, 15) is 18.8 Å². The predicted molar refractivity (Wildman–Crippen MR) is 101 cm³/mol. The molecule has 1 N–H and O–H groups in total. The van der Waals surface area contributed by atoms with Crippen molar-refractivity contribution in [2.24, 2.45) is 0 Å². The van der Waals surface area contributed by atoms with Gasteiger partial charge in [0.05, 0.1) is 5.92 Å². The first-order valence-corrected chi connectivity index (χ1v) is 9.95. The minimum Gasteiger partial charge on any atom is -0.339 e. The minimum absolute atomic E-state index is 0.0599. The van der Waals surface area contributed by atoms with Gasteiger partial charge in [-0.3, -0.25) is 9.59 Å². The number of hydrogen-bond acceptors (Lipinski definition) is 3. The van der Waals surface area contributed by atoms with Gasteiger partial charge < -0.3 is 20.0 Å². The molecule has 1 aromatic carbocycles. The molecule has 0 spiro atoms. The maximum absolute atomic E-state index is 13.5. The van der Waals surface area contributed by atoms with Gasteiger partial charge in [-0.25, -0.2) is 9.18 Å². The van der Waals surface area contributed by atoms with Crippen LogP contribution < -0.4 is 5.32 Å². The third-order valence-electron chi connectivity index (χ3n) is 5.84. The number of rotatable bonds is 1. The Morgan fingerprint density at radius 2 is 1.57 bits per heavy atom. The number of carbonyl (C=O) groups is 3. The summed E-state index contributed by atoms with van der Waals surface area (Å²) in [7, 11) is 0. The van der Waals surface area contributed by atoms with Crippen LogP contribution in [0.3, 0.4) is 0 Å². The van der Waals surface area contributed by atoms with Gasteiger partial charge in [0.2, 0.25) is 11.8 Å². The van der Waals surface area contributed by atoms with Crippen LogP contribution in [0.2, 0.25) is 0 Å². The van der Waals surface area contributed by atoms with Crippen LogP contribution in [0.4, 0.5) is 14.9 Å². The van der Waals surface area contributed by atoms with Crippen molar-refractivity contribution in [1.29, 1.82) is 0 Å². The lowest BCUT2D eigenvalue weighted by Gasteiger charge is -2.40. The van der Waals surface area contributed by atoms with Gasteiger partial charge in [-0.2, -0.15) is 0 Å². The summed E-state index contributed by atoms with van der Waals surface area (Å²) in [4.78, 5) is 43.1. The molecular weight excluding hydrogens is 363 g/mol. The number of benzene rings is 1. The quantitative estimate of drug-likeness (QED) is 0.800. The zero-order valence-electron chi connectivity index (χ0n) is 15.8. The number of fused-ring (bicyclic) bond motifs is 1. The molecule has 2 fully saturated rings. The highest BCUT2D eigenvalue weighted by atomic mass is 19.1. The van der Waals surface area contributed by atoms with Gasteiger partial charge in [0.15, 0.2) is 0 Å². The number of halogens is 1. The first-order chi connectivity index (χ1) is 13.5. The van der Waals surface area contributed by atoms with E-state index in [-0.39, 0.29) is 24.3 Å². The van der Waals surface area contributed by atoms with Crippen LogP contribution in [0.25, 0.3) is 0 Å². The molecule has 0 aliphatic carbocycles. The summed E-state index contributed by atoms with van der Waals surface area (Å²) < 4.78 is 13.5.